The topological polar surface area (TPSA) is 0 Å². The van der Waals surface area contributed by atoms with E-state index in [1.54, 1.807) is 0 Å². The molecule has 0 aliphatic heterocycles. The van der Waals surface area contributed by atoms with E-state index in [1.165, 1.54) is 32.1 Å². The zero-order valence-corrected chi connectivity index (χ0v) is 10.0. The Morgan fingerprint density at radius 2 is 1.07 bits per heavy atom. The van der Waals surface area contributed by atoms with Crippen molar-refractivity contribution in [2.24, 2.45) is 5.41 Å². The van der Waals surface area contributed by atoms with Crippen LogP contribution >= 0.6 is 0 Å². The van der Waals surface area contributed by atoms with Crippen LogP contribution in [0.3, 0.4) is 0 Å². The second-order valence-corrected chi connectivity index (χ2v) is 4.66. The Labute approximate surface area is 94.5 Å². The monoisotopic (exact) mass is 204 g/mol. The van der Waals surface area contributed by atoms with Crippen LogP contribution in [0.4, 0.5) is 0 Å². The molecule has 0 saturated heterocycles. The quantitative estimate of drug-likeness (QED) is 0.506. The first-order chi connectivity index (χ1) is 5.47. The fourth-order valence-corrected chi connectivity index (χ4v) is 1.10. The molecule has 0 saturated carbocycles. The molecule has 0 spiro atoms. The first kappa shape index (κ1) is 23.7. The van der Waals surface area contributed by atoms with Crippen molar-refractivity contribution < 1.29 is 0 Å². The Bertz CT molecular complexity index is 64.6. The van der Waals surface area contributed by atoms with Gasteiger partial charge in [-0.25, -0.2) is 0 Å². The van der Waals surface area contributed by atoms with E-state index in [0.29, 0.717) is 5.41 Å². The Balaban J connectivity index is -0.0000000651. The van der Waals surface area contributed by atoms with Gasteiger partial charge in [0.05, 0.1) is 0 Å². The van der Waals surface area contributed by atoms with Crippen molar-refractivity contribution >= 4 is 0 Å². The van der Waals surface area contributed by atoms with Crippen molar-refractivity contribution in [3.8, 4) is 0 Å². The highest BCUT2D eigenvalue weighted by atomic mass is 14.1. The van der Waals surface area contributed by atoms with E-state index >= 15 is 0 Å². The molecule has 0 fully saturated rings. The molecule has 14 heavy (non-hydrogen) atoms. The van der Waals surface area contributed by atoms with Crippen molar-refractivity contribution in [1.29, 1.82) is 0 Å². The van der Waals surface area contributed by atoms with Gasteiger partial charge in [-0.05, 0) is 11.8 Å². The minimum Gasteiger partial charge on any atom is -0.0776 e. The van der Waals surface area contributed by atoms with E-state index < -0.39 is 0 Å². The predicted molar refractivity (Wildman–Crippen MR) is 73.0 cm³/mol. The van der Waals surface area contributed by atoms with Gasteiger partial charge in [0.15, 0.2) is 0 Å². The summed E-state index contributed by atoms with van der Waals surface area (Å²) in [6, 6.07) is 0. The summed E-state index contributed by atoms with van der Waals surface area (Å²) in [7, 11) is 0. The van der Waals surface area contributed by atoms with Gasteiger partial charge < -0.3 is 0 Å². The number of rotatable bonds is 3. The van der Waals surface area contributed by atoms with Gasteiger partial charge in [0, 0.05) is 0 Å². The lowest BCUT2D eigenvalue weighted by atomic mass is 9.91. The van der Waals surface area contributed by atoms with E-state index in [2.05, 4.69) is 41.5 Å². The van der Waals surface area contributed by atoms with E-state index in [0.717, 1.165) is 0 Å². The molecule has 0 aromatic heterocycles. The maximum Gasteiger partial charge on any atom is -0.0383 e. The zero-order valence-electron chi connectivity index (χ0n) is 10.0. The third kappa shape index (κ3) is 40.3. The summed E-state index contributed by atoms with van der Waals surface area (Å²) in [6.45, 7) is 13.5. The molecule has 0 N–H and O–H groups in total. The molecule has 0 aromatic carbocycles. The van der Waals surface area contributed by atoms with Gasteiger partial charge in [0.2, 0.25) is 0 Å². The third-order valence-electron chi connectivity index (χ3n) is 1.71. The Morgan fingerprint density at radius 1 is 0.714 bits per heavy atom. The molecule has 0 aromatic rings. The van der Waals surface area contributed by atoms with Gasteiger partial charge in [0.25, 0.3) is 0 Å². The summed E-state index contributed by atoms with van der Waals surface area (Å²) in [5, 5.41) is 0. The van der Waals surface area contributed by atoms with Gasteiger partial charge >= 0.3 is 0 Å². The summed E-state index contributed by atoms with van der Waals surface area (Å²) >= 11 is 0. The lowest BCUT2D eigenvalue weighted by Crippen LogP contribution is -2.02. The third-order valence-corrected chi connectivity index (χ3v) is 1.71. The maximum atomic E-state index is 2.27. The minimum atomic E-state index is 0. The van der Waals surface area contributed by atoms with Crippen LogP contribution in [0.25, 0.3) is 0 Å². The van der Waals surface area contributed by atoms with Crippen LogP contribution in [-0.4, -0.2) is 0 Å². The standard InChI is InChI=1S/C7H16.C5H12.2CH4/c1-5-6-7(2,3)4;1-3-5-4-2;;/h5-6H2,1-4H3;3-5H2,1-2H3;2*1H4. The Hall–Kier alpha value is 0. The summed E-state index contributed by atoms with van der Waals surface area (Å²) in [5.74, 6) is 0. The number of unbranched alkanes of at least 4 members (excludes halogenated alkanes) is 2. The summed E-state index contributed by atoms with van der Waals surface area (Å²) in [4.78, 5) is 0. The smallest absolute Gasteiger partial charge is 0.0383 e. The van der Waals surface area contributed by atoms with Crippen LogP contribution in [0.2, 0.25) is 0 Å². The van der Waals surface area contributed by atoms with Crippen LogP contribution in [-0.2, 0) is 0 Å². The zero-order chi connectivity index (χ0) is 10.0. The molecule has 0 amide bonds. The molecular formula is C14H36. The van der Waals surface area contributed by atoms with Crippen molar-refractivity contribution in [3.63, 3.8) is 0 Å². The molecule has 0 bridgehead atoms. The normalized spacial score (nSPS) is 9.00. The molecule has 0 nitrogen and oxygen atoms in total. The van der Waals surface area contributed by atoms with Gasteiger partial charge in [0.1, 0.15) is 0 Å². The largest absolute Gasteiger partial charge is 0.0776 e. The van der Waals surface area contributed by atoms with E-state index in [-0.39, 0.29) is 14.9 Å². The van der Waals surface area contributed by atoms with Crippen molar-refractivity contribution in [2.45, 2.75) is 88.5 Å². The first-order valence-electron chi connectivity index (χ1n) is 5.47. The fraction of sp³-hybridized carbons (Fsp3) is 1.00. The average molecular weight is 204 g/mol. The van der Waals surface area contributed by atoms with Gasteiger partial charge in [-0.3, -0.25) is 0 Å². The van der Waals surface area contributed by atoms with Crippen LogP contribution in [0.5, 0.6) is 0 Å². The lowest BCUT2D eigenvalue weighted by Gasteiger charge is -2.15. The highest BCUT2D eigenvalue weighted by Gasteiger charge is 2.06. The fourth-order valence-electron chi connectivity index (χ4n) is 1.10. The number of hydrogen-bond donors (Lipinski definition) is 0. The second-order valence-electron chi connectivity index (χ2n) is 4.66. The summed E-state index contributed by atoms with van der Waals surface area (Å²) in [6.07, 6.45) is 6.73. The van der Waals surface area contributed by atoms with E-state index in [9.17, 15) is 0 Å². The molecule has 0 radical (unpaired) electrons. The van der Waals surface area contributed by atoms with E-state index in [1.807, 2.05) is 0 Å². The lowest BCUT2D eigenvalue weighted by molar-refractivity contribution is 0.373. The summed E-state index contributed by atoms with van der Waals surface area (Å²) < 4.78 is 0. The van der Waals surface area contributed by atoms with Crippen LogP contribution in [0.15, 0.2) is 0 Å². The highest BCUT2D eigenvalue weighted by Crippen LogP contribution is 2.19. The van der Waals surface area contributed by atoms with Crippen molar-refractivity contribution in [1.82, 2.24) is 0 Å². The molecule has 0 heteroatoms. The second kappa shape index (κ2) is 15.5. The van der Waals surface area contributed by atoms with Crippen molar-refractivity contribution in [2.75, 3.05) is 0 Å². The molecule has 0 rings (SSSR count). The Kier molecular flexibility index (Phi) is 26.1. The van der Waals surface area contributed by atoms with Crippen molar-refractivity contribution in [3.05, 3.63) is 0 Å². The minimum absolute atomic E-state index is 0. The van der Waals surface area contributed by atoms with Gasteiger partial charge in [-0.15, -0.1) is 0 Å². The molecular weight excluding hydrogens is 168 g/mol. The molecule has 0 unspecified atom stereocenters. The molecule has 0 aliphatic carbocycles. The SMILES string of the molecule is C.C.CCCC(C)(C)C.CCCCC. The summed E-state index contributed by atoms with van der Waals surface area (Å²) in [5.41, 5.74) is 0.550. The first-order valence-corrected chi connectivity index (χ1v) is 5.47. The number of hydrogen-bond acceptors (Lipinski definition) is 0. The van der Waals surface area contributed by atoms with E-state index in [4.69, 9.17) is 0 Å². The maximum absolute atomic E-state index is 2.27. The van der Waals surface area contributed by atoms with Crippen LogP contribution in [0, 0.1) is 5.41 Å². The van der Waals surface area contributed by atoms with Crippen LogP contribution in [0.1, 0.15) is 88.5 Å². The predicted octanol–water partition coefficient (Wildman–Crippen LogP) is 6.30. The molecule has 0 atom stereocenters. The van der Waals surface area contributed by atoms with Crippen LogP contribution < -0.4 is 0 Å². The van der Waals surface area contributed by atoms with Gasteiger partial charge in [-0.1, -0.05) is 82.1 Å². The Morgan fingerprint density at radius 3 is 1.07 bits per heavy atom. The molecule has 0 aliphatic rings. The average Bonchev–Trinajstić information content (AvgIpc) is 1.87. The highest BCUT2D eigenvalue weighted by molar-refractivity contribution is 4.58. The van der Waals surface area contributed by atoms with Gasteiger partial charge in [-0.2, -0.15) is 0 Å². The molecule has 92 valence electrons. The molecule has 0 heterocycles.